The summed E-state index contributed by atoms with van der Waals surface area (Å²) in [6.07, 6.45) is 1.94. The molecule has 0 fully saturated rings. The van der Waals surface area contributed by atoms with Gasteiger partial charge in [-0.2, -0.15) is 0 Å². The topological polar surface area (TPSA) is 54.9 Å². The third kappa shape index (κ3) is 4.20. The molecule has 0 spiro atoms. The van der Waals surface area contributed by atoms with Crippen LogP contribution in [0.15, 0.2) is 78.9 Å². The summed E-state index contributed by atoms with van der Waals surface area (Å²) in [5, 5.41) is 4.02. The van der Waals surface area contributed by atoms with Crippen molar-refractivity contribution < 1.29 is 4.79 Å². The van der Waals surface area contributed by atoms with Crippen molar-refractivity contribution in [3.05, 3.63) is 88.7 Å². The minimum Gasteiger partial charge on any atom is -0.296 e. The molecule has 0 radical (unpaired) electrons. The summed E-state index contributed by atoms with van der Waals surface area (Å²) in [6.45, 7) is 2.15. The molecular weight excluding hydrogens is 434 g/mol. The average molecular weight is 456 g/mol. The maximum Gasteiger partial charge on any atom is 0.286 e. The number of hydrogen-bond donors (Lipinski definition) is 1. The van der Waals surface area contributed by atoms with Gasteiger partial charge in [-0.3, -0.25) is 10.1 Å². The van der Waals surface area contributed by atoms with Gasteiger partial charge in [0.2, 0.25) is 0 Å². The van der Waals surface area contributed by atoms with Crippen LogP contribution in [0.1, 0.15) is 28.0 Å². The van der Waals surface area contributed by atoms with Crippen LogP contribution in [0, 0.1) is 0 Å². The van der Waals surface area contributed by atoms with Gasteiger partial charge in [0.15, 0.2) is 10.1 Å². The number of aromatic nitrogens is 2. The van der Waals surface area contributed by atoms with E-state index in [0.29, 0.717) is 10.1 Å². The highest BCUT2D eigenvalue weighted by Gasteiger charge is 2.17. The van der Waals surface area contributed by atoms with Gasteiger partial charge < -0.3 is 0 Å². The smallest absolute Gasteiger partial charge is 0.286 e. The minimum atomic E-state index is -0.214. The van der Waals surface area contributed by atoms with Crippen LogP contribution in [-0.4, -0.2) is 15.9 Å². The first kappa shape index (κ1) is 20.5. The van der Waals surface area contributed by atoms with E-state index in [-0.39, 0.29) is 5.91 Å². The molecule has 0 aliphatic rings. The number of thiazole rings is 2. The second-order valence-corrected chi connectivity index (χ2v) is 9.54. The normalized spacial score (nSPS) is 11.0. The Balaban J connectivity index is 1.41. The van der Waals surface area contributed by atoms with Gasteiger partial charge in [-0.15, -0.1) is 22.7 Å². The average Bonchev–Trinajstić information content (AvgIpc) is 3.44. The number of carbonyl (C=O) groups is 1. The lowest BCUT2D eigenvalue weighted by atomic mass is 10.0. The van der Waals surface area contributed by atoms with Crippen molar-refractivity contribution in [2.75, 3.05) is 5.32 Å². The molecule has 2 aromatic heterocycles. The van der Waals surface area contributed by atoms with Gasteiger partial charge in [-0.25, -0.2) is 9.97 Å². The minimum absolute atomic E-state index is 0.214. The lowest BCUT2D eigenvalue weighted by Crippen LogP contribution is -2.11. The molecule has 5 rings (SSSR count). The standard InChI is InChI=1S/C26H21N3OS2/c1-2-8-22-23(19-15-13-18(14-16-19)17-9-4-3-5-10-17)28-26(32-22)29-24(30)25-27-20-11-6-7-12-21(20)31-25/h3-7,9-16H,2,8H2,1H3,(H,28,29,30). The summed E-state index contributed by atoms with van der Waals surface area (Å²) < 4.78 is 1.00. The van der Waals surface area contributed by atoms with E-state index in [2.05, 4.69) is 53.6 Å². The SMILES string of the molecule is CCCc1sc(NC(=O)c2nc3ccccc3s2)nc1-c1ccc(-c2ccccc2)cc1. The number of aryl methyl sites for hydroxylation is 1. The number of amides is 1. The lowest BCUT2D eigenvalue weighted by molar-refractivity contribution is 0.102. The van der Waals surface area contributed by atoms with Crippen molar-refractivity contribution in [3.63, 3.8) is 0 Å². The van der Waals surface area contributed by atoms with E-state index >= 15 is 0 Å². The Morgan fingerprint density at radius 2 is 1.50 bits per heavy atom. The first-order valence-corrected chi connectivity index (χ1v) is 12.2. The lowest BCUT2D eigenvalue weighted by Gasteiger charge is -2.04. The Labute approximate surface area is 194 Å². The monoisotopic (exact) mass is 455 g/mol. The van der Waals surface area contributed by atoms with E-state index in [4.69, 9.17) is 4.98 Å². The number of nitrogens with zero attached hydrogens (tertiary/aromatic N) is 2. The van der Waals surface area contributed by atoms with Crippen LogP contribution >= 0.6 is 22.7 Å². The van der Waals surface area contributed by atoms with Gasteiger partial charge in [0.05, 0.1) is 15.9 Å². The van der Waals surface area contributed by atoms with Crippen molar-refractivity contribution in [1.29, 1.82) is 0 Å². The number of hydrogen-bond acceptors (Lipinski definition) is 5. The Hall–Kier alpha value is -3.35. The first-order chi connectivity index (χ1) is 15.7. The fourth-order valence-electron chi connectivity index (χ4n) is 3.60. The Kier molecular flexibility index (Phi) is 5.79. The van der Waals surface area contributed by atoms with Crippen molar-refractivity contribution in [1.82, 2.24) is 9.97 Å². The van der Waals surface area contributed by atoms with E-state index in [9.17, 15) is 4.79 Å². The highest BCUT2D eigenvalue weighted by molar-refractivity contribution is 7.20. The molecule has 4 nitrogen and oxygen atoms in total. The molecule has 0 aliphatic carbocycles. The highest BCUT2D eigenvalue weighted by atomic mass is 32.1. The second kappa shape index (κ2) is 9.02. The number of anilines is 1. The van der Waals surface area contributed by atoms with Crippen LogP contribution in [0.4, 0.5) is 5.13 Å². The van der Waals surface area contributed by atoms with Gasteiger partial charge in [0, 0.05) is 10.4 Å². The molecule has 2 heterocycles. The fraction of sp³-hybridized carbons (Fsp3) is 0.115. The summed E-state index contributed by atoms with van der Waals surface area (Å²) in [5.41, 5.74) is 5.20. The Morgan fingerprint density at radius 3 is 2.25 bits per heavy atom. The molecule has 5 aromatic rings. The molecule has 0 unspecified atom stereocenters. The number of rotatable bonds is 6. The quantitative estimate of drug-likeness (QED) is 0.292. The van der Waals surface area contributed by atoms with E-state index in [0.717, 1.165) is 34.3 Å². The van der Waals surface area contributed by atoms with E-state index in [1.807, 2.05) is 42.5 Å². The summed E-state index contributed by atoms with van der Waals surface area (Å²) in [4.78, 5) is 23.2. The van der Waals surface area contributed by atoms with E-state index < -0.39 is 0 Å². The van der Waals surface area contributed by atoms with E-state index in [1.165, 1.54) is 27.3 Å². The largest absolute Gasteiger partial charge is 0.296 e. The number of carbonyl (C=O) groups excluding carboxylic acids is 1. The van der Waals surface area contributed by atoms with Crippen LogP contribution in [0.25, 0.3) is 32.6 Å². The summed E-state index contributed by atoms with van der Waals surface area (Å²) >= 11 is 2.94. The number of fused-ring (bicyclic) bond motifs is 1. The molecule has 1 N–H and O–H groups in total. The van der Waals surface area contributed by atoms with Crippen LogP contribution in [0.5, 0.6) is 0 Å². The molecule has 0 saturated heterocycles. The molecular formula is C26H21N3OS2. The zero-order valence-electron chi connectivity index (χ0n) is 17.5. The molecule has 0 saturated carbocycles. The van der Waals surface area contributed by atoms with Crippen molar-refractivity contribution in [3.8, 4) is 22.4 Å². The fourth-order valence-corrected chi connectivity index (χ4v) is 5.54. The van der Waals surface area contributed by atoms with Gasteiger partial charge in [-0.05, 0) is 29.7 Å². The zero-order chi connectivity index (χ0) is 21.9. The summed E-state index contributed by atoms with van der Waals surface area (Å²) in [7, 11) is 0. The van der Waals surface area contributed by atoms with Crippen molar-refractivity contribution in [2.24, 2.45) is 0 Å². The van der Waals surface area contributed by atoms with Crippen LogP contribution < -0.4 is 5.32 Å². The Morgan fingerprint density at radius 1 is 0.812 bits per heavy atom. The van der Waals surface area contributed by atoms with Crippen LogP contribution in [0.2, 0.25) is 0 Å². The highest BCUT2D eigenvalue weighted by Crippen LogP contribution is 2.34. The number of benzene rings is 3. The maximum absolute atomic E-state index is 12.8. The molecule has 1 amide bonds. The van der Waals surface area contributed by atoms with Gasteiger partial charge in [0.25, 0.3) is 5.91 Å². The second-order valence-electron chi connectivity index (χ2n) is 7.43. The van der Waals surface area contributed by atoms with Crippen LogP contribution in [-0.2, 0) is 6.42 Å². The molecule has 0 bridgehead atoms. The molecule has 6 heteroatoms. The number of para-hydroxylation sites is 1. The molecule has 158 valence electrons. The predicted molar refractivity (Wildman–Crippen MR) is 135 cm³/mol. The van der Waals surface area contributed by atoms with Gasteiger partial charge in [0.1, 0.15) is 0 Å². The first-order valence-electron chi connectivity index (χ1n) is 10.5. The maximum atomic E-state index is 12.8. The summed E-state index contributed by atoms with van der Waals surface area (Å²) in [5.74, 6) is -0.214. The predicted octanol–water partition coefficient (Wildman–Crippen LogP) is 7.29. The Bertz CT molecular complexity index is 1340. The number of nitrogens with one attached hydrogen (secondary N) is 1. The zero-order valence-corrected chi connectivity index (χ0v) is 19.2. The van der Waals surface area contributed by atoms with Crippen molar-refractivity contribution >= 4 is 43.9 Å². The third-order valence-electron chi connectivity index (χ3n) is 5.15. The van der Waals surface area contributed by atoms with E-state index in [1.54, 1.807) is 11.3 Å². The molecule has 0 atom stereocenters. The molecule has 0 aliphatic heterocycles. The van der Waals surface area contributed by atoms with Crippen LogP contribution in [0.3, 0.4) is 0 Å². The van der Waals surface area contributed by atoms with Crippen molar-refractivity contribution in [2.45, 2.75) is 19.8 Å². The third-order valence-corrected chi connectivity index (χ3v) is 7.21. The van der Waals surface area contributed by atoms with Gasteiger partial charge in [-0.1, -0.05) is 80.1 Å². The van der Waals surface area contributed by atoms with Gasteiger partial charge >= 0.3 is 0 Å². The summed E-state index contributed by atoms with van der Waals surface area (Å²) in [6, 6.07) is 26.6. The molecule has 3 aromatic carbocycles. The molecule has 32 heavy (non-hydrogen) atoms.